The van der Waals surface area contributed by atoms with Crippen molar-refractivity contribution in [3.05, 3.63) is 48.0 Å². The molecule has 1 aromatic carbocycles. The summed E-state index contributed by atoms with van der Waals surface area (Å²) in [6.45, 7) is 0.308. The minimum atomic E-state index is -0.891. The Kier molecular flexibility index (Phi) is 4.11. The molecule has 2 N–H and O–H groups in total. The zero-order chi connectivity index (χ0) is 18.3. The van der Waals surface area contributed by atoms with Crippen LogP contribution in [0.25, 0.3) is 10.9 Å². The Morgan fingerprint density at radius 2 is 1.96 bits per heavy atom. The maximum absolute atomic E-state index is 12.8. The summed E-state index contributed by atoms with van der Waals surface area (Å²) in [7, 11) is 1.55. The molecular weight excluding hydrogens is 332 g/mol. The minimum Gasteiger partial charge on any atom is -0.481 e. The highest BCUT2D eigenvalue weighted by Crippen LogP contribution is 2.48. The molecule has 6 heteroatoms. The summed E-state index contributed by atoms with van der Waals surface area (Å²) in [5, 5.41) is 13.4. The van der Waals surface area contributed by atoms with E-state index in [0.717, 1.165) is 22.9 Å². The van der Waals surface area contributed by atoms with Crippen molar-refractivity contribution in [2.24, 2.45) is 23.7 Å². The lowest BCUT2D eigenvalue weighted by atomic mass is 9.82. The van der Waals surface area contributed by atoms with E-state index < -0.39 is 17.8 Å². The number of fused-ring (bicyclic) bond motifs is 3. The van der Waals surface area contributed by atoms with Crippen molar-refractivity contribution in [1.29, 1.82) is 0 Å². The number of aromatic nitrogens is 1. The van der Waals surface area contributed by atoms with Crippen LogP contribution in [0, 0.1) is 23.7 Å². The van der Waals surface area contributed by atoms with Crippen molar-refractivity contribution in [2.75, 3.05) is 7.11 Å². The molecule has 0 saturated heterocycles. The number of methoxy groups -OCH3 is 1. The number of para-hydroxylation sites is 1. The Hall–Kier alpha value is -2.89. The molecule has 0 unspecified atom stereocenters. The Morgan fingerprint density at radius 1 is 1.23 bits per heavy atom. The lowest BCUT2D eigenvalue weighted by Crippen LogP contribution is -2.39. The molecule has 1 saturated carbocycles. The van der Waals surface area contributed by atoms with Crippen molar-refractivity contribution >= 4 is 22.8 Å². The molecule has 2 bridgehead atoms. The average molecular weight is 352 g/mol. The van der Waals surface area contributed by atoms with E-state index in [1.807, 2.05) is 36.4 Å². The zero-order valence-corrected chi connectivity index (χ0v) is 14.4. The Labute approximate surface area is 150 Å². The van der Waals surface area contributed by atoms with Crippen molar-refractivity contribution in [2.45, 2.75) is 13.0 Å². The van der Waals surface area contributed by atoms with Crippen LogP contribution in [0.3, 0.4) is 0 Å². The van der Waals surface area contributed by atoms with E-state index in [0.29, 0.717) is 12.4 Å². The van der Waals surface area contributed by atoms with Crippen LogP contribution in [-0.4, -0.2) is 29.1 Å². The quantitative estimate of drug-likeness (QED) is 0.807. The summed E-state index contributed by atoms with van der Waals surface area (Å²) >= 11 is 0. The van der Waals surface area contributed by atoms with E-state index in [1.165, 1.54) is 0 Å². The number of allylic oxidation sites excluding steroid dienone is 2. The fourth-order valence-corrected chi connectivity index (χ4v) is 4.29. The number of carboxylic acid groups (broad SMARTS) is 1. The highest BCUT2D eigenvalue weighted by molar-refractivity contribution is 5.88. The molecule has 1 aromatic heterocycles. The normalized spacial score (nSPS) is 26.2. The van der Waals surface area contributed by atoms with Crippen LogP contribution < -0.4 is 10.1 Å². The van der Waals surface area contributed by atoms with Gasteiger partial charge in [0.05, 0.1) is 24.5 Å². The molecule has 4 atom stereocenters. The molecule has 2 aliphatic rings. The standard InChI is InChI=1S/C20H20N2O4/c1-26-16-9-13(14-4-2-3-5-15(14)22-16)10-21-19(23)17-11-6-7-12(8-11)18(17)20(24)25/h2-7,9,11-12,17-18H,8,10H2,1H3,(H,21,23)(H,24,25)/t11-,12-,17-,18-/m0/s1. The Bertz CT molecular complexity index is 908. The number of nitrogens with zero attached hydrogens (tertiary/aromatic N) is 1. The number of ether oxygens (including phenoxy) is 1. The van der Waals surface area contributed by atoms with Gasteiger partial charge in [-0.25, -0.2) is 4.98 Å². The number of aliphatic carboxylic acids is 1. The van der Waals surface area contributed by atoms with Crippen LogP contribution in [0.1, 0.15) is 12.0 Å². The number of carbonyl (C=O) groups is 2. The van der Waals surface area contributed by atoms with E-state index >= 15 is 0 Å². The second kappa shape index (κ2) is 6.44. The summed E-state index contributed by atoms with van der Waals surface area (Å²) in [5.41, 5.74) is 1.69. The number of pyridine rings is 1. The number of carboxylic acids is 1. The highest BCUT2D eigenvalue weighted by Gasteiger charge is 2.51. The molecular formula is C20H20N2O4. The van der Waals surface area contributed by atoms with E-state index in [4.69, 9.17) is 4.74 Å². The van der Waals surface area contributed by atoms with Crippen molar-refractivity contribution < 1.29 is 19.4 Å². The zero-order valence-electron chi connectivity index (χ0n) is 14.4. The third kappa shape index (κ3) is 2.71. The van der Waals surface area contributed by atoms with E-state index in [9.17, 15) is 14.7 Å². The predicted octanol–water partition coefficient (Wildman–Crippen LogP) is 2.38. The van der Waals surface area contributed by atoms with Gasteiger partial charge in [0, 0.05) is 18.0 Å². The predicted molar refractivity (Wildman–Crippen MR) is 95.5 cm³/mol. The van der Waals surface area contributed by atoms with Gasteiger partial charge in [-0.15, -0.1) is 0 Å². The maximum atomic E-state index is 12.8. The van der Waals surface area contributed by atoms with Gasteiger partial charge in [0.15, 0.2) is 0 Å². The maximum Gasteiger partial charge on any atom is 0.307 e. The first-order valence-electron chi connectivity index (χ1n) is 8.70. The van der Waals surface area contributed by atoms with Crippen LogP contribution in [0.2, 0.25) is 0 Å². The van der Waals surface area contributed by atoms with Crippen LogP contribution in [0.5, 0.6) is 5.88 Å². The number of carbonyl (C=O) groups excluding carboxylic acids is 1. The van der Waals surface area contributed by atoms with Gasteiger partial charge in [-0.2, -0.15) is 0 Å². The van der Waals surface area contributed by atoms with Gasteiger partial charge < -0.3 is 15.2 Å². The fourth-order valence-electron chi connectivity index (χ4n) is 4.29. The van der Waals surface area contributed by atoms with E-state index in [-0.39, 0.29) is 17.7 Å². The van der Waals surface area contributed by atoms with Crippen molar-refractivity contribution in [1.82, 2.24) is 10.3 Å². The molecule has 134 valence electrons. The first kappa shape index (κ1) is 16.6. The molecule has 4 rings (SSSR count). The van der Waals surface area contributed by atoms with Gasteiger partial charge in [-0.3, -0.25) is 9.59 Å². The number of hydrogen-bond donors (Lipinski definition) is 2. The molecule has 1 fully saturated rings. The molecule has 26 heavy (non-hydrogen) atoms. The largest absolute Gasteiger partial charge is 0.481 e. The lowest BCUT2D eigenvalue weighted by molar-refractivity contribution is -0.147. The summed E-state index contributed by atoms with van der Waals surface area (Å²) in [6.07, 6.45) is 4.68. The smallest absolute Gasteiger partial charge is 0.307 e. The van der Waals surface area contributed by atoms with Crippen LogP contribution in [-0.2, 0) is 16.1 Å². The van der Waals surface area contributed by atoms with Crippen LogP contribution >= 0.6 is 0 Å². The summed E-state index contributed by atoms with van der Waals surface area (Å²) in [6, 6.07) is 9.46. The first-order valence-corrected chi connectivity index (χ1v) is 8.70. The number of amides is 1. The third-order valence-corrected chi connectivity index (χ3v) is 5.49. The molecule has 0 spiro atoms. The summed E-state index contributed by atoms with van der Waals surface area (Å²) in [4.78, 5) is 28.8. The molecule has 1 amide bonds. The average Bonchev–Trinajstić information content (AvgIpc) is 3.27. The van der Waals surface area contributed by atoms with Gasteiger partial charge in [0.1, 0.15) is 0 Å². The molecule has 2 aliphatic carbocycles. The number of nitrogens with one attached hydrogen (secondary N) is 1. The molecule has 6 nitrogen and oxygen atoms in total. The number of hydrogen-bond acceptors (Lipinski definition) is 4. The highest BCUT2D eigenvalue weighted by atomic mass is 16.5. The summed E-state index contributed by atoms with van der Waals surface area (Å²) < 4.78 is 5.25. The lowest BCUT2D eigenvalue weighted by Gasteiger charge is -2.24. The summed E-state index contributed by atoms with van der Waals surface area (Å²) in [5.74, 6) is -1.75. The topological polar surface area (TPSA) is 88.5 Å². The molecule has 0 aliphatic heterocycles. The minimum absolute atomic E-state index is 0.0184. The van der Waals surface area contributed by atoms with Crippen LogP contribution in [0.15, 0.2) is 42.5 Å². The van der Waals surface area contributed by atoms with Gasteiger partial charge in [-0.05, 0) is 29.9 Å². The SMILES string of the molecule is COc1cc(CNC(=O)[C@@H]2[C@@H](C(=O)O)[C@H]3C=C[C@H]2C3)c2ccccc2n1. The molecule has 2 aromatic rings. The second-order valence-corrected chi connectivity index (χ2v) is 6.90. The van der Waals surface area contributed by atoms with Gasteiger partial charge in [-0.1, -0.05) is 30.4 Å². The van der Waals surface area contributed by atoms with Gasteiger partial charge in [0.25, 0.3) is 0 Å². The van der Waals surface area contributed by atoms with Crippen LogP contribution in [0.4, 0.5) is 0 Å². The van der Waals surface area contributed by atoms with Crippen molar-refractivity contribution in [3.63, 3.8) is 0 Å². The second-order valence-electron chi connectivity index (χ2n) is 6.90. The monoisotopic (exact) mass is 352 g/mol. The molecule has 1 heterocycles. The van der Waals surface area contributed by atoms with Gasteiger partial charge >= 0.3 is 5.97 Å². The van der Waals surface area contributed by atoms with E-state index in [2.05, 4.69) is 10.3 Å². The fraction of sp³-hybridized carbons (Fsp3) is 0.350. The number of rotatable bonds is 5. The number of benzene rings is 1. The third-order valence-electron chi connectivity index (χ3n) is 5.49. The van der Waals surface area contributed by atoms with Crippen molar-refractivity contribution in [3.8, 4) is 5.88 Å². The Morgan fingerprint density at radius 3 is 2.69 bits per heavy atom. The first-order chi connectivity index (χ1) is 12.6. The van der Waals surface area contributed by atoms with Gasteiger partial charge in [0.2, 0.25) is 11.8 Å². The molecule has 0 radical (unpaired) electrons. The van der Waals surface area contributed by atoms with E-state index in [1.54, 1.807) is 13.2 Å². The Balaban J connectivity index is 1.56.